The van der Waals surface area contributed by atoms with E-state index in [1.165, 1.54) is 0 Å². The highest BCUT2D eigenvalue weighted by Crippen LogP contribution is 2.18. The Hall–Kier alpha value is -2.50. The minimum atomic E-state index is -0.856. The number of carbonyl (C=O) groups is 2. The van der Waals surface area contributed by atoms with Crippen LogP contribution in [0.25, 0.3) is 10.9 Å². The van der Waals surface area contributed by atoms with Crippen molar-refractivity contribution >= 4 is 28.5 Å². The fraction of sp³-hybridized carbons (Fsp3) is 0.0909. The average molecular weight is 232 g/mol. The first-order valence-corrected chi connectivity index (χ1v) is 5.00. The molecule has 6 heteroatoms. The smallest absolute Gasteiger partial charge is 0.318 e. The third-order valence-corrected chi connectivity index (χ3v) is 2.37. The second-order valence-corrected chi connectivity index (χ2v) is 3.67. The van der Waals surface area contributed by atoms with Gasteiger partial charge < -0.3 is 16.0 Å². The molecule has 1 aromatic heterocycles. The molecule has 0 aliphatic heterocycles. The molecule has 0 fully saturated rings. The molecule has 3 amide bonds. The number of aromatic nitrogens is 1. The number of fused-ring (bicyclic) bond motifs is 1. The number of rotatable bonds is 2. The zero-order chi connectivity index (χ0) is 12.4. The molecule has 0 radical (unpaired) electrons. The van der Waals surface area contributed by atoms with Crippen molar-refractivity contribution in [2.45, 2.75) is 6.54 Å². The summed E-state index contributed by atoms with van der Waals surface area (Å²) >= 11 is 0. The second kappa shape index (κ2) is 4.17. The van der Waals surface area contributed by atoms with Crippen LogP contribution in [-0.2, 0) is 11.3 Å². The molecular formula is C11H12N4O2. The predicted molar refractivity (Wildman–Crippen MR) is 64.1 cm³/mol. The van der Waals surface area contributed by atoms with Crippen molar-refractivity contribution in [3.05, 3.63) is 30.5 Å². The number of hydrogen-bond donors (Lipinski definition) is 3. The maximum atomic E-state index is 11.4. The first kappa shape index (κ1) is 11.0. The van der Waals surface area contributed by atoms with Gasteiger partial charge in [0.05, 0.1) is 5.52 Å². The number of imide groups is 1. The van der Waals surface area contributed by atoms with Gasteiger partial charge in [-0.15, -0.1) is 0 Å². The van der Waals surface area contributed by atoms with Crippen molar-refractivity contribution in [2.24, 2.45) is 5.73 Å². The van der Waals surface area contributed by atoms with Gasteiger partial charge in [0.2, 0.25) is 5.91 Å². The average Bonchev–Trinajstić information content (AvgIpc) is 2.60. The minimum Gasteiger partial charge on any atom is -0.399 e. The monoisotopic (exact) mass is 232 g/mol. The molecule has 2 rings (SSSR count). The van der Waals surface area contributed by atoms with Crippen LogP contribution in [0.1, 0.15) is 0 Å². The molecule has 0 aliphatic carbocycles. The molecule has 6 nitrogen and oxygen atoms in total. The van der Waals surface area contributed by atoms with Gasteiger partial charge in [-0.2, -0.15) is 0 Å². The van der Waals surface area contributed by atoms with Crippen LogP contribution in [0, 0.1) is 0 Å². The van der Waals surface area contributed by atoms with E-state index in [-0.39, 0.29) is 6.54 Å². The molecule has 1 aromatic carbocycles. The summed E-state index contributed by atoms with van der Waals surface area (Å²) in [5.41, 5.74) is 12.0. The van der Waals surface area contributed by atoms with Crippen molar-refractivity contribution in [3.63, 3.8) is 0 Å². The molecule has 0 saturated carbocycles. The quantitative estimate of drug-likeness (QED) is 0.653. The number of nitrogens with two attached hydrogens (primary N) is 2. The van der Waals surface area contributed by atoms with E-state index in [9.17, 15) is 9.59 Å². The van der Waals surface area contributed by atoms with Crippen LogP contribution in [0.3, 0.4) is 0 Å². The SMILES string of the molecule is NC(=O)NC(=O)Cn1ccc2ccc(N)cc21. The number of benzene rings is 1. The lowest BCUT2D eigenvalue weighted by Crippen LogP contribution is -2.37. The minimum absolute atomic E-state index is 0.0237. The number of hydrogen-bond acceptors (Lipinski definition) is 3. The van der Waals surface area contributed by atoms with Crippen molar-refractivity contribution in [3.8, 4) is 0 Å². The lowest BCUT2D eigenvalue weighted by molar-refractivity contribution is -0.120. The number of amides is 3. The van der Waals surface area contributed by atoms with Gasteiger partial charge in [0.15, 0.2) is 0 Å². The van der Waals surface area contributed by atoms with Gasteiger partial charge in [0.25, 0.3) is 0 Å². The summed E-state index contributed by atoms with van der Waals surface area (Å²) in [5.74, 6) is -0.461. The molecular weight excluding hydrogens is 220 g/mol. The lowest BCUT2D eigenvalue weighted by Gasteiger charge is -2.05. The third kappa shape index (κ3) is 2.36. The highest BCUT2D eigenvalue weighted by atomic mass is 16.2. The lowest BCUT2D eigenvalue weighted by atomic mass is 10.2. The Balaban J connectivity index is 2.27. The Morgan fingerprint density at radius 2 is 2.06 bits per heavy atom. The van der Waals surface area contributed by atoms with E-state index in [0.717, 1.165) is 10.9 Å². The number of nitrogens with one attached hydrogen (secondary N) is 1. The van der Waals surface area contributed by atoms with Gasteiger partial charge in [0, 0.05) is 11.9 Å². The zero-order valence-corrected chi connectivity index (χ0v) is 9.01. The summed E-state index contributed by atoms with van der Waals surface area (Å²) in [6.07, 6.45) is 1.75. The van der Waals surface area contributed by atoms with Gasteiger partial charge in [-0.25, -0.2) is 4.79 Å². The number of urea groups is 1. The van der Waals surface area contributed by atoms with E-state index >= 15 is 0 Å². The molecule has 0 aliphatic rings. The third-order valence-electron chi connectivity index (χ3n) is 2.37. The summed E-state index contributed by atoms with van der Waals surface area (Å²) in [5, 5.41) is 2.99. The van der Waals surface area contributed by atoms with E-state index in [1.54, 1.807) is 22.9 Å². The standard InChI is InChI=1S/C11H12N4O2/c12-8-2-1-7-3-4-15(9(7)5-8)6-10(16)14-11(13)17/h1-5H,6,12H2,(H3,13,14,16,17). The van der Waals surface area contributed by atoms with E-state index in [2.05, 4.69) is 0 Å². The van der Waals surface area contributed by atoms with Crippen molar-refractivity contribution in [1.29, 1.82) is 0 Å². The van der Waals surface area contributed by atoms with E-state index < -0.39 is 11.9 Å². The number of primary amides is 1. The van der Waals surface area contributed by atoms with Gasteiger partial charge >= 0.3 is 6.03 Å². The van der Waals surface area contributed by atoms with Gasteiger partial charge in [-0.1, -0.05) is 6.07 Å². The van der Waals surface area contributed by atoms with Crippen molar-refractivity contribution in [1.82, 2.24) is 9.88 Å². The Labute approximate surface area is 97.2 Å². The number of nitrogens with zero attached hydrogens (tertiary/aromatic N) is 1. The molecule has 0 atom stereocenters. The van der Waals surface area contributed by atoms with Crippen LogP contribution in [0.5, 0.6) is 0 Å². The summed E-state index contributed by atoms with van der Waals surface area (Å²) < 4.78 is 1.70. The molecule has 17 heavy (non-hydrogen) atoms. The summed E-state index contributed by atoms with van der Waals surface area (Å²) in [6.45, 7) is 0.0237. The van der Waals surface area contributed by atoms with Gasteiger partial charge in [-0.05, 0) is 23.6 Å². The first-order valence-electron chi connectivity index (χ1n) is 5.00. The van der Waals surface area contributed by atoms with Crippen LogP contribution < -0.4 is 16.8 Å². The van der Waals surface area contributed by atoms with Gasteiger partial charge in [0.1, 0.15) is 6.54 Å². The molecule has 0 spiro atoms. The molecule has 0 bridgehead atoms. The van der Waals surface area contributed by atoms with Crippen LogP contribution in [-0.4, -0.2) is 16.5 Å². The maximum absolute atomic E-state index is 11.4. The van der Waals surface area contributed by atoms with E-state index in [4.69, 9.17) is 11.5 Å². The Bertz CT molecular complexity index is 588. The predicted octanol–water partition coefficient (Wildman–Crippen LogP) is 0.418. The van der Waals surface area contributed by atoms with Crippen LogP contribution in [0.2, 0.25) is 0 Å². The van der Waals surface area contributed by atoms with E-state index in [0.29, 0.717) is 5.69 Å². The fourth-order valence-electron chi connectivity index (χ4n) is 1.67. The molecule has 88 valence electrons. The van der Waals surface area contributed by atoms with Crippen LogP contribution in [0.15, 0.2) is 30.5 Å². The molecule has 5 N–H and O–H groups in total. The molecule has 0 saturated heterocycles. The number of nitrogen functional groups attached to an aromatic ring is 1. The molecule has 1 heterocycles. The summed E-state index contributed by atoms with van der Waals surface area (Å²) in [7, 11) is 0. The maximum Gasteiger partial charge on any atom is 0.318 e. The largest absolute Gasteiger partial charge is 0.399 e. The topological polar surface area (TPSA) is 103 Å². The van der Waals surface area contributed by atoms with Crippen molar-refractivity contribution in [2.75, 3.05) is 5.73 Å². The summed E-state index contributed by atoms with van der Waals surface area (Å²) in [4.78, 5) is 21.9. The van der Waals surface area contributed by atoms with Crippen LogP contribution >= 0.6 is 0 Å². The molecule has 2 aromatic rings. The normalized spacial score (nSPS) is 10.4. The van der Waals surface area contributed by atoms with Crippen LogP contribution in [0.4, 0.5) is 10.5 Å². The Kier molecular flexibility index (Phi) is 2.70. The Morgan fingerprint density at radius 1 is 1.29 bits per heavy atom. The Morgan fingerprint density at radius 3 is 2.76 bits per heavy atom. The highest BCUT2D eigenvalue weighted by Gasteiger charge is 2.07. The zero-order valence-electron chi connectivity index (χ0n) is 9.01. The number of carbonyl (C=O) groups excluding carboxylic acids is 2. The van der Waals surface area contributed by atoms with Crippen molar-refractivity contribution < 1.29 is 9.59 Å². The van der Waals surface area contributed by atoms with E-state index in [1.807, 2.05) is 17.4 Å². The fourth-order valence-corrected chi connectivity index (χ4v) is 1.67. The highest BCUT2D eigenvalue weighted by molar-refractivity contribution is 5.94. The number of anilines is 1. The molecule has 0 unspecified atom stereocenters. The summed E-state index contributed by atoms with van der Waals surface area (Å²) in [6, 6.07) is 6.44. The van der Waals surface area contributed by atoms with Gasteiger partial charge in [-0.3, -0.25) is 10.1 Å². The first-order chi connectivity index (χ1) is 8.06. The second-order valence-electron chi connectivity index (χ2n) is 3.67.